The van der Waals surface area contributed by atoms with E-state index in [2.05, 4.69) is 43.0 Å². The Kier molecular flexibility index (Phi) is 5.19. The monoisotopic (exact) mass is 256 g/mol. The van der Waals surface area contributed by atoms with Crippen LogP contribution in [0.3, 0.4) is 0 Å². The van der Waals surface area contributed by atoms with Crippen LogP contribution in [0.4, 0.5) is 0 Å². The summed E-state index contributed by atoms with van der Waals surface area (Å²) >= 11 is 2.13. The van der Waals surface area contributed by atoms with Crippen LogP contribution in [0, 0.1) is 11.8 Å². The van der Waals surface area contributed by atoms with Crippen molar-refractivity contribution in [3.63, 3.8) is 0 Å². The smallest absolute Gasteiger partial charge is 0.0339 e. The Morgan fingerprint density at radius 1 is 1.35 bits per heavy atom. The second kappa shape index (κ2) is 6.44. The zero-order valence-electron chi connectivity index (χ0n) is 11.6. The van der Waals surface area contributed by atoms with E-state index in [4.69, 9.17) is 0 Å². The normalized spacial score (nSPS) is 37.9. The van der Waals surface area contributed by atoms with Crippen LogP contribution in [0.1, 0.15) is 32.6 Å². The highest BCUT2D eigenvalue weighted by Gasteiger charge is 2.34. The maximum Gasteiger partial charge on any atom is 0.0339 e. The van der Waals surface area contributed by atoms with Gasteiger partial charge in [-0.25, -0.2) is 0 Å². The summed E-state index contributed by atoms with van der Waals surface area (Å²) in [6.45, 7) is 3.69. The summed E-state index contributed by atoms with van der Waals surface area (Å²) in [6.07, 6.45) is 5.75. The predicted molar refractivity (Wildman–Crippen MR) is 77.7 cm³/mol. The van der Waals surface area contributed by atoms with Crippen LogP contribution in [0.2, 0.25) is 0 Å². The molecule has 0 aromatic rings. The SMILES string of the molecule is CNC(C1CCCC(C)C1)C1CSCCN1C. The van der Waals surface area contributed by atoms with Crippen LogP contribution in [0.15, 0.2) is 0 Å². The number of nitrogens with zero attached hydrogens (tertiary/aromatic N) is 1. The van der Waals surface area contributed by atoms with E-state index in [-0.39, 0.29) is 0 Å². The molecule has 2 aliphatic rings. The van der Waals surface area contributed by atoms with Gasteiger partial charge in [0.05, 0.1) is 0 Å². The minimum atomic E-state index is 0.704. The fraction of sp³-hybridized carbons (Fsp3) is 1.00. The molecule has 2 nitrogen and oxygen atoms in total. The first-order valence-corrected chi connectivity index (χ1v) is 8.33. The molecule has 0 bridgehead atoms. The molecule has 3 heteroatoms. The quantitative estimate of drug-likeness (QED) is 0.835. The van der Waals surface area contributed by atoms with Gasteiger partial charge in [-0.15, -0.1) is 0 Å². The first-order valence-electron chi connectivity index (χ1n) is 7.17. The van der Waals surface area contributed by atoms with E-state index in [9.17, 15) is 0 Å². The minimum absolute atomic E-state index is 0.704. The van der Waals surface area contributed by atoms with Crippen molar-refractivity contribution >= 4 is 11.8 Å². The molecule has 4 unspecified atom stereocenters. The Morgan fingerprint density at radius 3 is 2.82 bits per heavy atom. The Labute approximate surface area is 111 Å². The lowest BCUT2D eigenvalue weighted by atomic mass is 9.76. The van der Waals surface area contributed by atoms with E-state index in [0.717, 1.165) is 17.9 Å². The average molecular weight is 256 g/mol. The van der Waals surface area contributed by atoms with Crippen LogP contribution in [0.5, 0.6) is 0 Å². The fourth-order valence-corrected chi connectivity index (χ4v) is 4.92. The molecule has 0 aromatic carbocycles. The molecular formula is C14H28N2S. The molecule has 2 rings (SSSR count). The van der Waals surface area contributed by atoms with Gasteiger partial charge in [0, 0.05) is 30.1 Å². The third-order valence-corrected chi connectivity index (χ3v) is 5.72. The molecule has 0 spiro atoms. The maximum absolute atomic E-state index is 3.64. The number of hydrogen-bond donors (Lipinski definition) is 1. The van der Waals surface area contributed by atoms with Crippen molar-refractivity contribution in [1.82, 2.24) is 10.2 Å². The van der Waals surface area contributed by atoms with Gasteiger partial charge in [-0.1, -0.05) is 19.8 Å². The Morgan fingerprint density at radius 2 is 2.18 bits per heavy atom. The zero-order valence-corrected chi connectivity index (χ0v) is 12.4. The second-order valence-corrected chi connectivity index (χ2v) is 7.12. The van der Waals surface area contributed by atoms with E-state index in [1.54, 1.807) is 0 Å². The molecule has 1 heterocycles. The molecule has 1 N–H and O–H groups in total. The highest BCUT2D eigenvalue weighted by atomic mass is 32.2. The van der Waals surface area contributed by atoms with Gasteiger partial charge >= 0.3 is 0 Å². The summed E-state index contributed by atoms with van der Waals surface area (Å²) in [7, 11) is 4.47. The maximum atomic E-state index is 3.64. The molecule has 100 valence electrons. The van der Waals surface area contributed by atoms with E-state index in [0.29, 0.717) is 6.04 Å². The van der Waals surface area contributed by atoms with Gasteiger partial charge < -0.3 is 10.2 Å². The summed E-state index contributed by atoms with van der Waals surface area (Å²) in [5.41, 5.74) is 0. The lowest BCUT2D eigenvalue weighted by molar-refractivity contribution is 0.141. The van der Waals surface area contributed by atoms with Gasteiger partial charge in [-0.2, -0.15) is 11.8 Å². The molecule has 0 radical (unpaired) electrons. The van der Waals surface area contributed by atoms with Crippen LogP contribution in [-0.4, -0.2) is 49.1 Å². The van der Waals surface area contributed by atoms with Crippen LogP contribution in [0.25, 0.3) is 0 Å². The van der Waals surface area contributed by atoms with Crippen LogP contribution in [-0.2, 0) is 0 Å². The van der Waals surface area contributed by atoms with E-state index in [1.165, 1.54) is 43.7 Å². The third-order valence-electron chi connectivity index (χ3n) is 4.68. The molecule has 1 aliphatic carbocycles. The van der Waals surface area contributed by atoms with Gasteiger partial charge in [-0.3, -0.25) is 0 Å². The third kappa shape index (κ3) is 3.39. The minimum Gasteiger partial charge on any atom is -0.315 e. The van der Waals surface area contributed by atoms with Gasteiger partial charge in [0.15, 0.2) is 0 Å². The highest BCUT2D eigenvalue weighted by Crippen LogP contribution is 2.33. The molecule has 1 saturated heterocycles. The number of nitrogens with one attached hydrogen (secondary N) is 1. The van der Waals surface area contributed by atoms with E-state index >= 15 is 0 Å². The second-order valence-electron chi connectivity index (χ2n) is 5.97. The molecule has 0 amide bonds. The molecule has 17 heavy (non-hydrogen) atoms. The summed E-state index contributed by atoms with van der Waals surface area (Å²) in [6, 6.07) is 1.45. The van der Waals surface area contributed by atoms with Gasteiger partial charge in [-0.05, 0) is 38.8 Å². The van der Waals surface area contributed by atoms with Crippen molar-refractivity contribution in [2.45, 2.75) is 44.7 Å². The number of rotatable bonds is 3. The Bertz CT molecular complexity index is 234. The molecule has 4 atom stereocenters. The molecule has 0 aromatic heterocycles. The summed E-state index contributed by atoms with van der Waals surface area (Å²) in [4.78, 5) is 2.58. The average Bonchev–Trinajstić information content (AvgIpc) is 2.33. The van der Waals surface area contributed by atoms with Crippen molar-refractivity contribution in [2.75, 3.05) is 32.1 Å². The molecule has 1 saturated carbocycles. The summed E-state index contributed by atoms with van der Waals surface area (Å²) in [5.74, 6) is 4.46. The number of likely N-dealkylation sites (N-methyl/N-ethyl adjacent to an activating group) is 2. The van der Waals surface area contributed by atoms with E-state index in [1.807, 2.05) is 0 Å². The fourth-order valence-electron chi connectivity index (χ4n) is 3.63. The summed E-state index contributed by atoms with van der Waals surface area (Å²) < 4.78 is 0. The molecular weight excluding hydrogens is 228 g/mol. The van der Waals surface area contributed by atoms with Gasteiger partial charge in [0.1, 0.15) is 0 Å². The summed E-state index contributed by atoms with van der Waals surface area (Å²) in [5, 5.41) is 3.64. The topological polar surface area (TPSA) is 15.3 Å². The first-order chi connectivity index (χ1) is 8.22. The van der Waals surface area contributed by atoms with Crippen molar-refractivity contribution < 1.29 is 0 Å². The molecule has 1 aliphatic heterocycles. The Balaban J connectivity index is 1.98. The first kappa shape index (κ1) is 13.7. The Hall–Kier alpha value is 0.270. The van der Waals surface area contributed by atoms with Crippen molar-refractivity contribution in [3.8, 4) is 0 Å². The largest absolute Gasteiger partial charge is 0.315 e. The van der Waals surface area contributed by atoms with Crippen molar-refractivity contribution in [1.29, 1.82) is 0 Å². The number of thioether (sulfide) groups is 1. The lowest BCUT2D eigenvalue weighted by Gasteiger charge is -2.43. The van der Waals surface area contributed by atoms with Gasteiger partial charge in [0.2, 0.25) is 0 Å². The highest BCUT2D eigenvalue weighted by molar-refractivity contribution is 7.99. The number of hydrogen-bond acceptors (Lipinski definition) is 3. The van der Waals surface area contributed by atoms with E-state index < -0.39 is 0 Å². The van der Waals surface area contributed by atoms with Crippen molar-refractivity contribution in [2.24, 2.45) is 11.8 Å². The van der Waals surface area contributed by atoms with Crippen LogP contribution < -0.4 is 5.32 Å². The zero-order chi connectivity index (χ0) is 12.3. The van der Waals surface area contributed by atoms with Gasteiger partial charge in [0.25, 0.3) is 0 Å². The standard InChI is InChI=1S/C14H28N2S/c1-11-5-4-6-12(9-11)14(15-2)13-10-17-8-7-16(13)3/h11-15H,4-10H2,1-3H3. The lowest BCUT2D eigenvalue weighted by Crippen LogP contribution is -2.55. The molecule has 2 fully saturated rings. The van der Waals surface area contributed by atoms with Crippen molar-refractivity contribution in [3.05, 3.63) is 0 Å². The van der Waals surface area contributed by atoms with Crippen LogP contribution >= 0.6 is 11.8 Å². The predicted octanol–water partition coefficient (Wildman–Crippen LogP) is 2.45.